The number of hydrogen-bond donors (Lipinski definition) is 2. The van der Waals surface area contributed by atoms with E-state index in [1.807, 2.05) is 6.92 Å². The summed E-state index contributed by atoms with van der Waals surface area (Å²) in [7, 11) is 0. The van der Waals surface area contributed by atoms with Crippen LogP contribution in [0.15, 0.2) is 4.99 Å². The van der Waals surface area contributed by atoms with E-state index < -0.39 is 0 Å². The van der Waals surface area contributed by atoms with Gasteiger partial charge in [0.2, 0.25) is 0 Å². The monoisotopic (exact) mass is 253 g/mol. The number of ether oxygens (including phenoxy) is 1. The van der Waals surface area contributed by atoms with Gasteiger partial charge in [0.15, 0.2) is 5.96 Å². The highest BCUT2D eigenvalue weighted by atomic mass is 16.5. The van der Waals surface area contributed by atoms with Crippen LogP contribution >= 0.6 is 0 Å². The fourth-order valence-electron chi connectivity index (χ4n) is 3.05. The molecule has 2 unspecified atom stereocenters. The Morgan fingerprint density at radius 3 is 2.61 bits per heavy atom. The molecular weight excluding hydrogens is 226 g/mol. The number of nitrogens with zero attached hydrogens (tertiary/aromatic N) is 1. The molecule has 4 heteroatoms. The van der Waals surface area contributed by atoms with E-state index in [-0.39, 0.29) is 5.41 Å². The summed E-state index contributed by atoms with van der Waals surface area (Å²) < 4.78 is 5.71. The van der Waals surface area contributed by atoms with Crippen molar-refractivity contribution in [3.05, 3.63) is 0 Å². The number of rotatable bonds is 4. The minimum absolute atomic E-state index is 0.109. The minimum Gasteiger partial charge on any atom is -0.378 e. The van der Waals surface area contributed by atoms with Crippen molar-refractivity contribution < 1.29 is 4.74 Å². The molecule has 0 bridgehead atoms. The summed E-state index contributed by atoms with van der Waals surface area (Å²) in [6.45, 7) is 7.25. The van der Waals surface area contributed by atoms with Crippen molar-refractivity contribution in [3.8, 4) is 0 Å². The zero-order valence-corrected chi connectivity index (χ0v) is 11.9. The lowest BCUT2D eigenvalue weighted by atomic mass is 9.65. The van der Waals surface area contributed by atoms with Crippen LogP contribution in [0, 0.1) is 5.41 Å². The lowest BCUT2D eigenvalue weighted by molar-refractivity contribution is -0.103. The summed E-state index contributed by atoms with van der Waals surface area (Å²) in [5.74, 6) is 0.620. The average Bonchev–Trinajstić information content (AvgIpc) is 2.80. The van der Waals surface area contributed by atoms with E-state index in [0.717, 1.165) is 13.0 Å². The molecular formula is C14H27N3O. The predicted octanol–water partition coefficient (Wildman–Crippen LogP) is 2.04. The van der Waals surface area contributed by atoms with Crippen molar-refractivity contribution >= 4 is 5.96 Å². The van der Waals surface area contributed by atoms with Crippen LogP contribution in [0.5, 0.6) is 0 Å². The van der Waals surface area contributed by atoms with Crippen LogP contribution in [0.2, 0.25) is 0 Å². The van der Waals surface area contributed by atoms with Gasteiger partial charge in [-0.2, -0.15) is 0 Å². The van der Waals surface area contributed by atoms with Gasteiger partial charge in [-0.15, -0.1) is 0 Å². The largest absolute Gasteiger partial charge is 0.378 e. The first-order valence-corrected chi connectivity index (χ1v) is 7.25. The van der Waals surface area contributed by atoms with Gasteiger partial charge in [0.05, 0.1) is 12.1 Å². The number of aliphatic imine (C=N–C) groups is 1. The molecule has 2 atom stereocenters. The molecule has 0 saturated heterocycles. The van der Waals surface area contributed by atoms with Crippen LogP contribution in [-0.2, 0) is 4.74 Å². The van der Waals surface area contributed by atoms with Crippen molar-refractivity contribution in [3.63, 3.8) is 0 Å². The highest BCUT2D eigenvalue weighted by Gasteiger charge is 2.49. The zero-order valence-electron chi connectivity index (χ0n) is 11.9. The van der Waals surface area contributed by atoms with E-state index >= 15 is 0 Å². The Bertz CT molecular complexity index is 308. The van der Waals surface area contributed by atoms with Crippen LogP contribution in [0.1, 0.15) is 52.9 Å². The van der Waals surface area contributed by atoms with Gasteiger partial charge in [0.25, 0.3) is 0 Å². The van der Waals surface area contributed by atoms with E-state index in [4.69, 9.17) is 10.5 Å². The Balaban J connectivity index is 1.85. The summed E-state index contributed by atoms with van der Waals surface area (Å²) in [4.78, 5) is 4.63. The molecule has 4 nitrogen and oxygen atoms in total. The van der Waals surface area contributed by atoms with Gasteiger partial charge >= 0.3 is 0 Å². The molecule has 0 aromatic carbocycles. The Morgan fingerprint density at radius 1 is 1.39 bits per heavy atom. The van der Waals surface area contributed by atoms with E-state index in [1.54, 1.807) is 0 Å². The fourth-order valence-corrected chi connectivity index (χ4v) is 3.05. The molecule has 0 heterocycles. The highest BCUT2D eigenvalue weighted by Crippen LogP contribution is 2.44. The highest BCUT2D eigenvalue weighted by molar-refractivity contribution is 5.78. The van der Waals surface area contributed by atoms with Crippen LogP contribution in [0.3, 0.4) is 0 Å². The van der Waals surface area contributed by atoms with E-state index in [9.17, 15) is 0 Å². The quantitative estimate of drug-likeness (QED) is 0.595. The molecule has 0 spiro atoms. The topological polar surface area (TPSA) is 59.6 Å². The van der Waals surface area contributed by atoms with Gasteiger partial charge in [-0.25, -0.2) is 4.99 Å². The van der Waals surface area contributed by atoms with Crippen LogP contribution < -0.4 is 11.1 Å². The van der Waals surface area contributed by atoms with Crippen LogP contribution in [-0.4, -0.2) is 30.8 Å². The Kier molecular flexibility index (Phi) is 4.15. The smallest absolute Gasteiger partial charge is 0.189 e. The van der Waals surface area contributed by atoms with Crippen molar-refractivity contribution in [2.75, 3.05) is 6.61 Å². The van der Waals surface area contributed by atoms with E-state index in [0.29, 0.717) is 24.1 Å². The lowest BCUT2D eigenvalue weighted by Gasteiger charge is -2.49. The predicted molar refractivity (Wildman–Crippen MR) is 74.6 cm³/mol. The standard InChI is InChI=1S/C14H27N3O/c1-4-18-12-9-11(14(12,2)3)17-13(15)16-10-7-5-6-8-10/h10-12H,4-9H2,1-3H3,(H3,15,16,17). The molecule has 18 heavy (non-hydrogen) atoms. The summed E-state index contributed by atoms with van der Waals surface area (Å²) >= 11 is 0. The summed E-state index contributed by atoms with van der Waals surface area (Å²) in [6, 6.07) is 0.836. The molecule has 3 N–H and O–H groups in total. The second kappa shape index (κ2) is 5.47. The number of nitrogens with two attached hydrogens (primary N) is 1. The van der Waals surface area contributed by atoms with Crippen molar-refractivity contribution in [1.82, 2.24) is 5.32 Å². The number of hydrogen-bond acceptors (Lipinski definition) is 2. The van der Waals surface area contributed by atoms with Crippen LogP contribution in [0.4, 0.5) is 0 Å². The molecule has 0 aromatic rings. The molecule has 2 rings (SSSR count). The third-order valence-electron chi connectivity index (χ3n) is 4.50. The normalized spacial score (nSPS) is 32.3. The zero-order chi connectivity index (χ0) is 13.2. The maximum absolute atomic E-state index is 6.00. The molecule has 0 amide bonds. The maximum atomic E-state index is 6.00. The minimum atomic E-state index is 0.109. The van der Waals surface area contributed by atoms with Gasteiger partial charge in [0, 0.05) is 18.1 Å². The Hall–Kier alpha value is -0.770. The van der Waals surface area contributed by atoms with Crippen molar-refractivity contribution in [1.29, 1.82) is 0 Å². The third-order valence-corrected chi connectivity index (χ3v) is 4.50. The first-order chi connectivity index (χ1) is 8.54. The molecule has 104 valence electrons. The maximum Gasteiger partial charge on any atom is 0.189 e. The third kappa shape index (κ3) is 2.79. The van der Waals surface area contributed by atoms with Crippen molar-refractivity contribution in [2.45, 2.75) is 71.1 Å². The molecule has 2 aliphatic rings. The molecule has 0 aliphatic heterocycles. The van der Waals surface area contributed by atoms with Gasteiger partial charge in [0.1, 0.15) is 0 Å². The second-order valence-electron chi connectivity index (χ2n) is 6.16. The average molecular weight is 253 g/mol. The second-order valence-corrected chi connectivity index (χ2v) is 6.16. The first-order valence-electron chi connectivity index (χ1n) is 7.25. The molecule has 2 fully saturated rings. The summed E-state index contributed by atoms with van der Waals surface area (Å²) in [5, 5.41) is 3.35. The Morgan fingerprint density at radius 2 is 2.06 bits per heavy atom. The van der Waals surface area contributed by atoms with Gasteiger partial charge in [-0.3, -0.25) is 0 Å². The molecule has 2 saturated carbocycles. The van der Waals surface area contributed by atoms with E-state index in [1.165, 1.54) is 25.7 Å². The molecule has 2 aliphatic carbocycles. The summed E-state index contributed by atoms with van der Waals surface area (Å²) in [5.41, 5.74) is 6.11. The number of guanidine groups is 1. The van der Waals surface area contributed by atoms with Crippen LogP contribution in [0.25, 0.3) is 0 Å². The lowest BCUT2D eigenvalue weighted by Crippen LogP contribution is -2.55. The first kappa shape index (κ1) is 13.7. The van der Waals surface area contributed by atoms with Gasteiger partial charge in [-0.1, -0.05) is 26.7 Å². The Labute approximate surface area is 110 Å². The number of nitrogens with one attached hydrogen (secondary N) is 1. The van der Waals surface area contributed by atoms with Gasteiger partial charge < -0.3 is 15.8 Å². The SMILES string of the molecule is CCOC1CC(N=C(N)NC2CCCC2)C1(C)C. The molecule has 0 aromatic heterocycles. The van der Waals surface area contributed by atoms with Crippen molar-refractivity contribution in [2.24, 2.45) is 16.1 Å². The molecule has 0 radical (unpaired) electrons. The van der Waals surface area contributed by atoms with Gasteiger partial charge in [-0.05, 0) is 26.2 Å². The summed E-state index contributed by atoms with van der Waals surface area (Å²) in [6.07, 6.45) is 6.40. The van der Waals surface area contributed by atoms with E-state index in [2.05, 4.69) is 24.2 Å². The fraction of sp³-hybridized carbons (Fsp3) is 0.929.